The zero-order chi connectivity index (χ0) is 24.7. The van der Waals surface area contributed by atoms with Crippen LogP contribution >= 0.6 is 0 Å². The van der Waals surface area contributed by atoms with Gasteiger partial charge in [-0.05, 0) is 36.1 Å². The number of likely N-dealkylation sites (tertiary alicyclic amines) is 1. The molecule has 3 aromatic rings. The molecular weight excluding hydrogens is 442 g/mol. The maximum Gasteiger partial charge on any atom is 0.191 e. The molecule has 3 aromatic carbocycles. The van der Waals surface area contributed by atoms with Crippen molar-refractivity contribution in [2.45, 2.75) is 37.1 Å². The number of phenolic OH excluding ortho intramolecular Hbond substituents is 1. The van der Waals surface area contributed by atoms with Gasteiger partial charge >= 0.3 is 0 Å². The van der Waals surface area contributed by atoms with E-state index in [1.165, 1.54) is 0 Å². The molecule has 0 amide bonds. The van der Waals surface area contributed by atoms with Gasteiger partial charge in [0.15, 0.2) is 5.78 Å². The first kappa shape index (κ1) is 25.1. The molecule has 1 aliphatic heterocycles. The fourth-order valence-electron chi connectivity index (χ4n) is 4.63. The Balaban J connectivity index is 1.33. The first-order chi connectivity index (χ1) is 16.9. The molecule has 1 heterocycles. The highest BCUT2D eigenvalue weighted by atomic mass is 16.5. The zero-order valence-corrected chi connectivity index (χ0v) is 19.8. The van der Waals surface area contributed by atoms with E-state index in [1.54, 1.807) is 42.5 Å². The third-order valence-electron chi connectivity index (χ3n) is 6.64. The van der Waals surface area contributed by atoms with Gasteiger partial charge in [-0.1, -0.05) is 72.8 Å². The molecule has 1 aliphatic rings. The van der Waals surface area contributed by atoms with Crippen LogP contribution in [0.1, 0.15) is 34.3 Å². The number of aliphatic hydroxyl groups excluding tert-OH is 1. The van der Waals surface area contributed by atoms with E-state index >= 15 is 0 Å². The third-order valence-corrected chi connectivity index (χ3v) is 6.64. The molecule has 6 heteroatoms. The number of carbonyl (C=O) groups excluding carboxylic acids is 1. The standard InChI is InChI=1S/C29H33NO5/c31-25-13-7-8-22(18-25)19-27(28(33)23-9-3-1-4-10-23)35-21-26(32)20-30-16-14-29(34,15-17-30)24-11-5-2-6-12-24/h1-13,18,26-27,31-32,34H,14-17,19-21H2. The van der Waals surface area contributed by atoms with Gasteiger partial charge in [-0.2, -0.15) is 0 Å². The smallest absolute Gasteiger partial charge is 0.191 e. The Kier molecular flexibility index (Phi) is 8.31. The minimum Gasteiger partial charge on any atom is -0.508 e. The lowest BCUT2D eigenvalue weighted by Crippen LogP contribution is -2.46. The van der Waals surface area contributed by atoms with Crippen LogP contribution in [0.15, 0.2) is 84.9 Å². The number of aliphatic hydroxyl groups is 2. The topological polar surface area (TPSA) is 90.2 Å². The number of Topliss-reactive ketones (excluding diaryl/α,β-unsaturated/α-hetero) is 1. The summed E-state index contributed by atoms with van der Waals surface area (Å²) < 4.78 is 5.96. The second kappa shape index (κ2) is 11.6. The van der Waals surface area contributed by atoms with Crippen LogP contribution in [0.2, 0.25) is 0 Å². The predicted molar refractivity (Wildman–Crippen MR) is 134 cm³/mol. The average molecular weight is 476 g/mol. The van der Waals surface area contributed by atoms with E-state index in [-0.39, 0.29) is 18.1 Å². The van der Waals surface area contributed by atoms with Gasteiger partial charge in [-0.15, -0.1) is 0 Å². The van der Waals surface area contributed by atoms with Gasteiger partial charge in [0, 0.05) is 31.6 Å². The van der Waals surface area contributed by atoms with Crippen molar-refractivity contribution >= 4 is 5.78 Å². The number of carbonyl (C=O) groups is 1. The fraction of sp³-hybridized carbons (Fsp3) is 0.345. The molecule has 4 rings (SSSR count). The number of phenols is 1. The van der Waals surface area contributed by atoms with Gasteiger partial charge in [-0.25, -0.2) is 0 Å². The van der Waals surface area contributed by atoms with E-state index in [2.05, 4.69) is 4.90 Å². The number of ketones is 1. The summed E-state index contributed by atoms with van der Waals surface area (Å²) >= 11 is 0. The molecule has 0 saturated carbocycles. The van der Waals surface area contributed by atoms with Crippen molar-refractivity contribution in [1.82, 2.24) is 4.90 Å². The van der Waals surface area contributed by atoms with E-state index < -0.39 is 17.8 Å². The number of ether oxygens (including phenoxy) is 1. The first-order valence-electron chi connectivity index (χ1n) is 12.1. The van der Waals surface area contributed by atoms with Crippen LogP contribution in [0.3, 0.4) is 0 Å². The maximum absolute atomic E-state index is 13.1. The number of aromatic hydroxyl groups is 1. The highest BCUT2D eigenvalue weighted by Crippen LogP contribution is 2.32. The SMILES string of the molecule is O=C(c1ccccc1)C(Cc1cccc(O)c1)OCC(O)CN1CCC(O)(c2ccccc2)CC1. The van der Waals surface area contributed by atoms with Crippen LogP contribution in [-0.2, 0) is 16.8 Å². The number of piperidine rings is 1. The first-order valence-corrected chi connectivity index (χ1v) is 12.1. The highest BCUT2D eigenvalue weighted by molar-refractivity contribution is 5.99. The minimum absolute atomic E-state index is 0.0154. The summed E-state index contributed by atoms with van der Waals surface area (Å²) in [5.41, 5.74) is 1.42. The van der Waals surface area contributed by atoms with E-state index in [9.17, 15) is 20.1 Å². The Morgan fingerprint density at radius 2 is 1.60 bits per heavy atom. The van der Waals surface area contributed by atoms with E-state index in [1.807, 2.05) is 42.5 Å². The molecule has 184 valence electrons. The summed E-state index contributed by atoms with van der Waals surface area (Å²) in [4.78, 5) is 15.3. The summed E-state index contributed by atoms with van der Waals surface area (Å²) in [5.74, 6) is -0.0268. The summed E-state index contributed by atoms with van der Waals surface area (Å²) in [6.45, 7) is 1.75. The lowest BCUT2D eigenvalue weighted by Gasteiger charge is -2.39. The minimum atomic E-state index is -0.840. The summed E-state index contributed by atoms with van der Waals surface area (Å²) in [5, 5.41) is 31.5. The molecule has 3 N–H and O–H groups in total. The van der Waals surface area contributed by atoms with Crippen molar-refractivity contribution in [3.05, 3.63) is 102 Å². The lowest BCUT2D eigenvalue weighted by molar-refractivity contribution is -0.0483. The predicted octanol–water partition coefficient (Wildman–Crippen LogP) is 3.55. The van der Waals surface area contributed by atoms with Crippen molar-refractivity contribution in [2.24, 2.45) is 0 Å². The van der Waals surface area contributed by atoms with Gasteiger partial charge in [0.25, 0.3) is 0 Å². The molecule has 0 radical (unpaired) electrons. The van der Waals surface area contributed by atoms with Crippen LogP contribution in [0.25, 0.3) is 0 Å². The average Bonchev–Trinajstić information content (AvgIpc) is 2.89. The van der Waals surface area contributed by atoms with Gasteiger partial charge < -0.3 is 25.0 Å². The number of nitrogens with zero attached hydrogens (tertiary/aromatic N) is 1. The Labute approximate surface area is 206 Å². The maximum atomic E-state index is 13.1. The molecule has 1 fully saturated rings. The summed E-state index contributed by atoms with van der Waals surface area (Å²) in [7, 11) is 0. The lowest BCUT2D eigenvalue weighted by atomic mass is 9.84. The Morgan fingerprint density at radius 3 is 2.26 bits per heavy atom. The molecule has 0 aromatic heterocycles. The van der Waals surface area contributed by atoms with E-state index in [0.29, 0.717) is 44.5 Å². The summed E-state index contributed by atoms with van der Waals surface area (Å²) in [6, 6.07) is 25.4. The monoisotopic (exact) mass is 475 g/mol. The Hall–Kier alpha value is -3.03. The number of hydrogen-bond acceptors (Lipinski definition) is 6. The van der Waals surface area contributed by atoms with Gasteiger partial charge in [-0.3, -0.25) is 4.79 Å². The molecular formula is C29H33NO5. The number of rotatable bonds is 10. The van der Waals surface area contributed by atoms with Crippen molar-refractivity contribution in [1.29, 1.82) is 0 Å². The van der Waals surface area contributed by atoms with Gasteiger partial charge in [0.1, 0.15) is 11.9 Å². The number of benzene rings is 3. The number of β-amino-alcohol motifs (C(OH)–C–C–N with tert-alkyl or cyclic N) is 1. The van der Waals surface area contributed by atoms with Crippen LogP contribution in [0, 0.1) is 0 Å². The van der Waals surface area contributed by atoms with Crippen LogP contribution in [0.5, 0.6) is 5.75 Å². The summed E-state index contributed by atoms with van der Waals surface area (Å²) in [6.07, 6.45) is -0.0663. The van der Waals surface area contributed by atoms with Gasteiger partial charge in [0.2, 0.25) is 0 Å². The number of hydrogen-bond donors (Lipinski definition) is 3. The van der Waals surface area contributed by atoms with Crippen LogP contribution in [-0.4, -0.2) is 64.5 Å². The molecule has 2 unspecified atom stereocenters. The Bertz CT molecular complexity index is 1080. The van der Waals surface area contributed by atoms with Crippen molar-refractivity contribution in [2.75, 3.05) is 26.2 Å². The molecule has 2 atom stereocenters. The fourth-order valence-corrected chi connectivity index (χ4v) is 4.63. The van der Waals surface area contributed by atoms with Gasteiger partial charge in [0.05, 0.1) is 18.3 Å². The van der Waals surface area contributed by atoms with Crippen LogP contribution in [0.4, 0.5) is 0 Å². The molecule has 0 bridgehead atoms. The largest absolute Gasteiger partial charge is 0.508 e. The second-order valence-electron chi connectivity index (χ2n) is 9.28. The molecule has 0 spiro atoms. The highest BCUT2D eigenvalue weighted by Gasteiger charge is 2.34. The Morgan fingerprint density at radius 1 is 0.943 bits per heavy atom. The quantitative estimate of drug-likeness (QED) is 0.389. The van der Waals surface area contributed by atoms with Crippen molar-refractivity contribution in [3.8, 4) is 5.75 Å². The van der Waals surface area contributed by atoms with Crippen molar-refractivity contribution in [3.63, 3.8) is 0 Å². The van der Waals surface area contributed by atoms with E-state index in [4.69, 9.17) is 4.74 Å². The molecule has 1 saturated heterocycles. The second-order valence-corrected chi connectivity index (χ2v) is 9.28. The third kappa shape index (κ3) is 6.77. The van der Waals surface area contributed by atoms with Crippen LogP contribution < -0.4 is 0 Å². The molecule has 35 heavy (non-hydrogen) atoms. The van der Waals surface area contributed by atoms with Crippen molar-refractivity contribution < 1.29 is 24.9 Å². The molecule has 6 nitrogen and oxygen atoms in total. The molecule has 0 aliphatic carbocycles. The van der Waals surface area contributed by atoms with E-state index in [0.717, 1.165) is 11.1 Å². The normalized spacial score (nSPS) is 17.5. The zero-order valence-electron chi connectivity index (χ0n) is 19.8.